The van der Waals surface area contributed by atoms with Gasteiger partial charge in [0.25, 0.3) is 0 Å². The lowest BCUT2D eigenvalue weighted by molar-refractivity contribution is 0.281. The molecule has 0 spiro atoms. The summed E-state index contributed by atoms with van der Waals surface area (Å²) in [6.45, 7) is 1.76. The fraction of sp³-hybridized carbons (Fsp3) is 0.308. The lowest BCUT2D eigenvalue weighted by atomic mass is 10.2. The molecule has 0 fully saturated rings. The maximum atomic E-state index is 12.5. The van der Waals surface area contributed by atoms with E-state index in [2.05, 4.69) is 4.98 Å². The van der Waals surface area contributed by atoms with Crippen molar-refractivity contribution in [2.24, 2.45) is 0 Å². The molecule has 8 heteroatoms. The van der Waals surface area contributed by atoms with E-state index >= 15 is 0 Å². The second kappa shape index (κ2) is 6.41. The molecule has 0 saturated heterocycles. The molecule has 1 N–H and O–H groups in total. The molecule has 21 heavy (non-hydrogen) atoms. The molecule has 114 valence electrons. The van der Waals surface area contributed by atoms with Crippen molar-refractivity contribution in [3.8, 4) is 0 Å². The van der Waals surface area contributed by atoms with Gasteiger partial charge in [0.1, 0.15) is 0 Å². The molecule has 0 saturated carbocycles. The highest BCUT2D eigenvalue weighted by molar-refractivity contribution is 7.89. The molecule has 1 aromatic carbocycles. The number of aliphatic hydroxyl groups excluding tert-OH is 1. The monoisotopic (exact) mass is 346 g/mol. The maximum Gasteiger partial charge on any atom is 0.243 e. The van der Waals surface area contributed by atoms with E-state index in [9.17, 15) is 13.5 Å². The van der Waals surface area contributed by atoms with Gasteiger partial charge in [0.05, 0.1) is 28.7 Å². The molecule has 0 atom stereocenters. The minimum atomic E-state index is -3.65. The normalized spacial score (nSPS) is 12.0. The Hall–Kier alpha value is -0.990. The first-order valence-corrected chi connectivity index (χ1v) is 8.81. The summed E-state index contributed by atoms with van der Waals surface area (Å²) in [4.78, 5) is 4.36. The Morgan fingerprint density at radius 3 is 2.71 bits per heavy atom. The van der Waals surface area contributed by atoms with Crippen LogP contribution in [-0.2, 0) is 23.2 Å². The number of aliphatic hydroxyl groups is 1. The molecule has 1 aromatic heterocycles. The van der Waals surface area contributed by atoms with Crippen molar-refractivity contribution in [2.45, 2.75) is 25.0 Å². The fourth-order valence-corrected chi connectivity index (χ4v) is 3.78. The van der Waals surface area contributed by atoms with Crippen LogP contribution >= 0.6 is 22.9 Å². The first kappa shape index (κ1) is 16.4. The van der Waals surface area contributed by atoms with Gasteiger partial charge in [-0.3, -0.25) is 0 Å². The van der Waals surface area contributed by atoms with Crippen LogP contribution in [0, 0.1) is 6.92 Å². The van der Waals surface area contributed by atoms with Gasteiger partial charge in [-0.1, -0.05) is 11.6 Å². The zero-order chi connectivity index (χ0) is 15.6. The highest BCUT2D eigenvalue weighted by Crippen LogP contribution is 2.23. The van der Waals surface area contributed by atoms with Crippen molar-refractivity contribution in [2.75, 3.05) is 7.05 Å². The van der Waals surface area contributed by atoms with Gasteiger partial charge in [-0.15, -0.1) is 11.3 Å². The minimum Gasteiger partial charge on any atom is -0.392 e. The predicted octanol–water partition coefficient (Wildman–Crippen LogP) is 2.42. The number of hydrogen-bond donors (Lipinski definition) is 1. The first-order valence-electron chi connectivity index (χ1n) is 6.11. The van der Waals surface area contributed by atoms with Crippen LogP contribution in [0.3, 0.4) is 0 Å². The summed E-state index contributed by atoms with van der Waals surface area (Å²) in [5.41, 5.74) is 1.09. The topological polar surface area (TPSA) is 70.5 Å². The molecule has 0 bridgehead atoms. The van der Waals surface area contributed by atoms with Crippen molar-refractivity contribution in [3.63, 3.8) is 0 Å². The van der Waals surface area contributed by atoms with E-state index in [1.54, 1.807) is 0 Å². The number of thiazole rings is 1. The van der Waals surface area contributed by atoms with Crippen LogP contribution in [0.2, 0.25) is 5.02 Å². The van der Waals surface area contributed by atoms with Crippen molar-refractivity contribution in [1.82, 2.24) is 9.29 Å². The quantitative estimate of drug-likeness (QED) is 0.902. The lowest BCUT2D eigenvalue weighted by Gasteiger charge is -2.16. The predicted molar refractivity (Wildman–Crippen MR) is 82.9 cm³/mol. The minimum absolute atomic E-state index is 0.102. The van der Waals surface area contributed by atoms with Gasteiger partial charge in [0.2, 0.25) is 10.0 Å². The average molecular weight is 347 g/mol. The van der Waals surface area contributed by atoms with Crippen molar-refractivity contribution in [1.29, 1.82) is 0 Å². The second-order valence-corrected chi connectivity index (χ2v) is 8.04. The van der Waals surface area contributed by atoms with Crippen LogP contribution in [0.4, 0.5) is 0 Å². The summed E-state index contributed by atoms with van der Waals surface area (Å²) in [7, 11) is -2.15. The molecular formula is C13H15ClN2O3S2. The van der Waals surface area contributed by atoms with E-state index < -0.39 is 10.0 Å². The second-order valence-electron chi connectivity index (χ2n) is 4.53. The van der Waals surface area contributed by atoms with Gasteiger partial charge in [0, 0.05) is 17.5 Å². The third-order valence-electron chi connectivity index (χ3n) is 2.95. The zero-order valence-corrected chi connectivity index (χ0v) is 14.0. The van der Waals surface area contributed by atoms with E-state index in [-0.39, 0.29) is 18.0 Å². The molecule has 0 amide bonds. The maximum absolute atomic E-state index is 12.5. The Balaban J connectivity index is 2.28. The molecule has 1 heterocycles. The average Bonchev–Trinajstić information content (AvgIpc) is 2.84. The van der Waals surface area contributed by atoms with Gasteiger partial charge in [-0.05, 0) is 30.7 Å². The van der Waals surface area contributed by atoms with E-state index in [0.29, 0.717) is 16.3 Å². The molecular weight excluding hydrogens is 332 g/mol. The number of aryl methyl sites for hydroxylation is 1. The summed E-state index contributed by atoms with van der Waals surface area (Å²) in [6, 6.07) is 4.29. The lowest BCUT2D eigenvalue weighted by Crippen LogP contribution is -2.26. The summed E-state index contributed by atoms with van der Waals surface area (Å²) >= 11 is 7.36. The van der Waals surface area contributed by atoms with Gasteiger partial charge in [-0.2, -0.15) is 4.31 Å². The van der Waals surface area contributed by atoms with Crippen LogP contribution < -0.4 is 0 Å². The molecule has 0 aliphatic heterocycles. The number of sulfonamides is 1. The molecule has 5 nitrogen and oxygen atoms in total. The van der Waals surface area contributed by atoms with Crippen LogP contribution in [-0.4, -0.2) is 29.9 Å². The summed E-state index contributed by atoms with van der Waals surface area (Å²) in [6.07, 6.45) is 0. The highest BCUT2D eigenvalue weighted by atomic mass is 35.5. The molecule has 0 aliphatic carbocycles. The molecule has 0 aliphatic rings. The van der Waals surface area contributed by atoms with Crippen molar-refractivity contribution >= 4 is 33.0 Å². The van der Waals surface area contributed by atoms with Crippen LogP contribution in [0.5, 0.6) is 0 Å². The SMILES string of the molecule is Cc1nc(CN(C)S(=O)(=O)c2ccc(Cl)c(CO)c2)cs1. The smallest absolute Gasteiger partial charge is 0.243 e. The number of rotatable bonds is 5. The largest absolute Gasteiger partial charge is 0.392 e. The molecule has 2 rings (SSSR count). The van der Waals surface area contributed by atoms with Crippen LogP contribution in [0.1, 0.15) is 16.3 Å². The Kier molecular flexibility index (Phi) is 5.00. The molecule has 2 aromatic rings. The fourth-order valence-electron chi connectivity index (χ4n) is 1.81. The van der Waals surface area contributed by atoms with Gasteiger partial charge in [0.15, 0.2) is 0 Å². The number of aromatic nitrogens is 1. The van der Waals surface area contributed by atoms with E-state index in [4.69, 9.17) is 11.6 Å². The van der Waals surface area contributed by atoms with Gasteiger partial charge < -0.3 is 5.11 Å². The third-order valence-corrected chi connectivity index (χ3v) is 5.94. The summed E-state index contributed by atoms with van der Waals surface area (Å²) < 4.78 is 26.2. The zero-order valence-electron chi connectivity index (χ0n) is 11.6. The number of nitrogens with zero attached hydrogens (tertiary/aromatic N) is 2. The Labute approximate surface area is 132 Å². The standard InChI is InChI=1S/C13H15ClN2O3S2/c1-9-15-11(8-20-9)6-16(2)21(18,19)12-3-4-13(14)10(5-12)7-17/h3-5,8,17H,6-7H2,1-2H3. The highest BCUT2D eigenvalue weighted by Gasteiger charge is 2.22. The van der Waals surface area contributed by atoms with Gasteiger partial charge in [-0.25, -0.2) is 13.4 Å². The Morgan fingerprint density at radius 1 is 1.43 bits per heavy atom. The van der Waals surface area contributed by atoms with E-state index in [1.165, 1.54) is 40.9 Å². The number of halogens is 1. The molecule has 0 radical (unpaired) electrons. The Morgan fingerprint density at radius 2 is 2.14 bits per heavy atom. The van der Waals surface area contributed by atoms with Crippen LogP contribution in [0.25, 0.3) is 0 Å². The summed E-state index contributed by atoms with van der Waals surface area (Å²) in [5, 5.41) is 12.3. The summed E-state index contributed by atoms with van der Waals surface area (Å²) in [5.74, 6) is 0. The Bertz CT molecular complexity index is 744. The van der Waals surface area contributed by atoms with E-state index in [0.717, 1.165) is 5.01 Å². The van der Waals surface area contributed by atoms with Crippen LogP contribution in [0.15, 0.2) is 28.5 Å². The van der Waals surface area contributed by atoms with Gasteiger partial charge >= 0.3 is 0 Å². The number of benzene rings is 1. The number of hydrogen-bond acceptors (Lipinski definition) is 5. The third kappa shape index (κ3) is 3.61. The first-order chi connectivity index (χ1) is 9.84. The van der Waals surface area contributed by atoms with E-state index in [1.807, 2.05) is 12.3 Å². The van der Waals surface area contributed by atoms with Crippen molar-refractivity contribution < 1.29 is 13.5 Å². The van der Waals surface area contributed by atoms with Crippen molar-refractivity contribution in [3.05, 3.63) is 44.9 Å². The molecule has 0 unspecified atom stereocenters.